The third-order valence-electron chi connectivity index (χ3n) is 3.31. The van der Waals surface area contributed by atoms with Crippen molar-refractivity contribution in [1.82, 2.24) is 4.31 Å². The molecule has 0 unspecified atom stereocenters. The Morgan fingerprint density at radius 1 is 1.39 bits per heavy atom. The average Bonchev–Trinajstić information content (AvgIpc) is 2.39. The Kier molecular flexibility index (Phi) is 3.69. The Bertz CT molecular complexity index is 575. The molecule has 0 bridgehead atoms. The van der Waals surface area contributed by atoms with Crippen LogP contribution in [0.15, 0.2) is 29.2 Å². The molecule has 1 heterocycles. The fourth-order valence-corrected chi connectivity index (χ4v) is 4.04. The smallest absolute Gasteiger partial charge is 0.207 e. The highest BCUT2D eigenvalue weighted by Crippen LogP contribution is 2.25. The van der Waals surface area contributed by atoms with Crippen molar-refractivity contribution in [1.29, 1.82) is 5.26 Å². The van der Waals surface area contributed by atoms with Crippen LogP contribution in [0, 0.1) is 11.3 Å². The first-order valence-corrected chi connectivity index (χ1v) is 7.52. The van der Waals surface area contributed by atoms with Gasteiger partial charge in [0, 0.05) is 12.6 Å². The molecular weight excluding hydrogens is 248 g/mol. The molecule has 1 aliphatic heterocycles. The number of hydrogen-bond acceptors (Lipinski definition) is 3. The van der Waals surface area contributed by atoms with Gasteiger partial charge in [0.15, 0.2) is 0 Å². The fourth-order valence-electron chi connectivity index (χ4n) is 2.29. The zero-order valence-corrected chi connectivity index (χ0v) is 11.2. The summed E-state index contributed by atoms with van der Waals surface area (Å²) in [4.78, 5) is 0.218. The predicted molar refractivity (Wildman–Crippen MR) is 68.4 cm³/mol. The minimum absolute atomic E-state index is 0.0366. The van der Waals surface area contributed by atoms with E-state index in [1.165, 1.54) is 6.07 Å². The lowest BCUT2D eigenvalue weighted by Gasteiger charge is -2.32. The van der Waals surface area contributed by atoms with Crippen molar-refractivity contribution < 1.29 is 8.42 Å². The van der Waals surface area contributed by atoms with Gasteiger partial charge in [-0.3, -0.25) is 0 Å². The van der Waals surface area contributed by atoms with Crippen molar-refractivity contribution in [3.05, 3.63) is 29.8 Å². The molecule has 1 aliphatic rings. The van der Waals surface area contributed by atoms with Crippen LogP contribution < -0.4 is 0 Å². The monoisotopic (exact) mass is 264 g/mol. The molecule has 0 aromatic heterocycles. The first-order valence-electron chi connectivity index (χ1n) is 6.08. The van der Waals surface area contributed by atoms with Crippen molar-refractivity contribution in [2.24, 2.45) is 0 Å². The van der Waals surface area contributed by atoms with E-state index in [0.29, 0.717) is 12.1 Å². The lowest BCUT2D eigenvalue weighted by atomic mass is 10.1. The number of sulfonamides is 1. The van der Waals surface area contributed by atoms with Gasteiger partial charge in [-0.25, -0.2) is 8.42 Å². The Hall–Kier alpha value is -1.38. The third kappa shape index (κ3) is 2.40. The molecule has 1 fully saturated rings. The van der Waals surface area contributed by atoms with Gasteiger partial charge in [-0.05, 0) is 38.0 Å². The molecule has 1 saturated heterocycles. The van der Waals surface area contributed by atoms with Gasteiger partial charge in [0.25, 0.3) is 0 Å². The highest BCUT2D eigenvalue weighted by atomic mass is 32.2. The summed E-state index contributed by atoms with van der Waals surface area (Å²) in [6, 6.07) is 8.22. The predicted octanol–water partition coefficient (Wildman–Crippen LogP) is 2.12. The van der Waals surface area contributed by atoms with Gasteiger partial charge < -0.3 is 0 Å². The molecule has 0 radical (unpaired) electrons. The van der Waals surface area contributed by atoms with E-state index in [9.17, 15) is 8.42 Å². The number of benzene rings is 1. The maximum absolute atomic E-state index is 12.5. The van der Waals surface area contributed by atoms with Gasteiger partial charge in [0.1, 0.15) is 0 Å². The summed E-state index contributed by atoms with van der Waals surface area (Å²) in [5.74, 6) is 0. The maximum atomic E-state index is 12.5. The van der Waals surface area contributed by atoms with Crippen molar-refractivity contribution >= 4 is 10.0 Å². The van der Waals surface area contributed by atoms with E-state index in [0.717, 1.165) is 19.3 Å². The molecule has 2 rings (SSSR count). The van der Waals surface area contributed by atoms with E-state index in [1.807, 2.05) is 13.0 Å². The van der Waals surface area contributed by atoms with Gasteiger partial charge >= 0.3 is 0 Å². The van der Waals surface area contributed by atoms with E-state index in [-0.39, 0.29) is 10.9 Å². The summed E-state index contributed by atoms with van der Waals surface area (Å²) in [7, 11) is -3.46. The van der Waals surface area contributed by atoms with Crippen LogP contribution in [0.5, 0.6) is 0 Å². The van der Waals surface area contributed by atoms with Crippen LogP contribution in [0.4, 0.5) is 0 Å². The van der Waals surface area contributed by atoms with Crippen LogP contribution >= 0.6 is 0 Å². The van der Waals surface area contributed by atoms with Gasteiger partial charge in [0.05, 0.1) is 16.5 Å². The largest absolute Gasteiger partial charge is 0.243 e. The van der Waals surface area contributed by atoms with Gasteiger partial charge in [-0.1, -0.05) is 12.5 Å². The topological polar surface area (TPSA) is 61.2 Å². The van der Waals surface area contributed by atoms with Crippen LogP contribution in [-0.4, -0.2) is 25.3 Å². The molecule has 1 aromatic rings. The van der Waals surface area contributed by atoms with Crippen molar-refractivity contribution in [2.45, 2.75) is 37.1 Å². The molecule has 0 spiro atoms. The quantitative estimate of drug-likeness (QED) is 0.822. The molecule has 18 heavy (non-hydrogen) atoms. The van der Waals surface area contributed by atoms with E-state index < -0.39 is 10.0 Å². The summed E-state index contributed by atoms with van der Waals surface area (Å²) < 4.78 is 26.5. The number of piperidine rings is 1. The second-order valence-electron chi connectivity index (χ2n) is 4.60. The Morgan fingerprint density at radius 2 is 2.17 bits per heavy atom. The highest BCUT2D eigenvalue weighted by Gasteiger charge is 2.30. The molecule has 0 amide bonds. The number of nitriles is 1. The normalized spacial score (nSPS) is 21.4. The Morgan fingerprint density at radius 3 is 2.83 bits per heavy atom. The molecule has 0 N–H and O–H groups in total. The van der Waals surface area contributed by atoms with Gasteiger partial charge in [0.2, 0.25) is 10.0 Å². The lowest BCUT2D eigenvalue weighted by molar-refractivity contribution is 0.268. The van der Waals surface area contributed by atoms with Crippen molar-refractivity contribution in [3.63, 3.8) is 0 Å². The van der Waals surface area contributed by atoms with E-state index in [1.54, 1.807) is 22.5 Å². The molecule has 1 atom stereocenters. The van der Waals surface area contributed by atoms with Crippen molar-refractivity contribution in [2.75, 3.05) is 6.54 Å². The molecular formula is C13H16N2O2S. The van der Waals surface area contributed by atoms with Crippen LogP contribution in [-0.2, 0) is 10.0 Å². The second-order valence-corrected chi connectivity index (χ2v) is 6.49. The minimum Gasteiger partial charge on any atom is -0.207 e. The summed E-state index contributed by atoms with van der Waals surface area (Å²) in [5.41, 5.74) is 0.376. The average molecular weight is 264 g/mol. The highest BCUT2D eigenvalue weighted by molar-refractivity contribution is 7.89. The zero-order chi connectivity index (χ0) is 13.2. The Balaban J connectivity index is 2.38. The molecule has 0 aliphatic carbocycles. The van der Waals surface area contributed by atoms with Crippen LogP contribution in [0.1, 0.15) is 31.7 Å². The molecule has 5 heteroatoms. The lowest BCUT2D eigenvalue weighted by Crippen LogP contribution is -2.41. The zero-order valence-electron chi connectivity index (χ0n) is 10.3. The van der Waals surface area contributed by atoms with Crippen LogP contribution in [0.3, 0.4) is 0 Å². The van der Waals surface area contributed by atoms with Crippen LogP contribution in [0.25, 0.3) is 0 Å². The SMILES string of the molecule is C[C@@H]1CCCCN1S(=O)(=O)c1cccc(C#N)c1. The van der Waals surface area contributed by atoms with Gasteiger partial charge in [-0.2, -0.15) is 9.57 Å². The number of hydrogen-bond donors (Lipinski definition) is 0. The molecule has 0 saturated carbocycles. The van der Waals surface area contributed by atoms with Crippen LogP contribution in [0.2, 0.25) is 0 Å². The molecule has 1 aromatic carbocycles. The summed E-state index contributed by atoms with van der Waals surface area (Å²) >= 11 is 0. The molecule has 4 nitrogen and oxygen atoms in total. The van der Waals surface area contributed by atoms with E-state index in [2.05, 4.69) is 0 Å². The van der Waals surface area contributed by atoms with E-state index >= 15 is 0 Å². The Labute approximate surface area is 108 Å². The van der Waals surface area contributed by atoms with Crippen molar-refractivity contribution in [3.8, 4) is 6.07 Å². The first kappa shape index (κ1) is 13.1. The number of rotatable bonds is 2. The molecule has 96 valence electrons. The standard InChI is InChI=1S/C13H16N2O2S/c1-11-5-2-3-8-15(11)18(16,17)13-7-4-6-12(9-13)10-14/h4,6-7,9,11H,2-3,5,8H2,1H3/t11-/m1/s1. The summed E-state index contributed by atoms with van der Waals surface area (Å²) in [5, 5.41) is 8.83. The summed E-state index contributed by atoms with van der Waals surface area (Å²) in [6.45, 7) is 2.51. The van der Waals surface area contributed by atoms with Gasteiger partial charge in [-0.15, -0.1) is 0 Å². The number of nitrogens with zero attached hydrogens (tertiary/aromatic N) is 2. The maximum Gasteiger partial charge on any atom is 0.243 e. The minimum atomic E-state index is -3.46. The first-order chi connectivity index (χ1) is 8.55. The van der Waals surface area contributed by atoms with E-state index in [4.69, 9.17) is 5.26 Å². The summed E-state index contributed by atoms with van der Waals surface area (Å²) in [6.07, 6.45) is 2.88. The third-order valence-corrected chi connectivity index (χ3v) is 5.32. The fraction of sp³-hybridized carbons (Fsp3) is 0.462. The second kappa shape index (κ2) is 5.09.